The third-order valence-corrected chi connectivity index (χ3v) is 4.59. The van der Waals surface area contributed by atoms with Crippen LogP contribution in [0.2, 0.25) is 0 Å². The van der Waals surface area contributed by atoms with Crippen LogP contribution >= 0.6 is 0 Å². The van der Waals surface area contributed by atoms with Gasteiger partial charge in [-0.1, -0.05) is 6.92 Å². The molecule has 0 aromatic carbocycles. The standard InChI is InChI=1S/C11H14N2O3/c1-5-7-6(14)4-11(8(5)7)9(15)12(2)10(16)13(11)3/h5,7-8H,4H2,1-3H3/t5-,7+,8+,11?/m0/s1. The Balaban J connectivity index is 2.10. The van der Waals surface area contributed by atoms with Gasteiger partial charge in [-0.15, -0.1) is 0 Å². The van der Waals surface area contributed by atoms with Crippen molar-refractivity contribution in [3.63, 3.8) is 0 Å². The molecule has 5 nitrogen and oxygen atoms in total. The van der Waals surface area contributed by atoms with Crippen LogP contribution in [0, 0.1) is 17.8 Å². The molecule has 2 aliphatic carbocycles. The summed E-state index contributed by atoms with van der Waals surface area (Å²) in [7, 11) is 3.12. The number of amides is 3. The van der Waals surface area contributed by atoms with E-state index < -0.39 is 5.54 Å². The van der Waals surface area contributed by atoms with Crippen molar-refractivity contribution in [2.24, 2.45) is 17.8 Å². The number of hydrogen-bond donors (Lipinski definition) is 0. The number of carbonyl (C=O) groups is 3. The molecule has 1 unspecified atom stereocenters. The van der Waals surface area contributed by atoms with E-state index in [4.69, 9.17) is 0 Å². The maximum atomic E-state index is 12.2. The Morgan fingerprint density at radius 2 is 1.88 bits per heavy atom. The first-order valence-electron chi connectivity index (χ1n) is 5.51. The van der Waals surface area contributed by atoms with Crippen LogP contribution in [-0.2, 0) is 9.59 Å². The van der Waals surface area contributed by atoms with Gasteiger partial charge in [-0.25, -0.2) is 4.79 Å². The highest BCUT2D eigenvalue weighted by atomic mass is 16.2. The minimum atomic E-state index is -0.854. The first-order chi connectivity index (χ1) is 7.43. The van der Waals surface area contributed by atoms with Crippen LogP contribution in [0.25, 0.3) is 0 Å². The number of fused-ring (bicyclic) bond motifs is 2. The summed E-state index contributed by atoms with van der Waals surface area (Å²) in [6, 6.07) is -0.294. The summed E-state index contributed by atoms with van der Waals surface area (Å²) in [5.74, 6) is 0.232. The minimum Gasteiger partial charge on any atom is -0.312 e. The molecule has 3 fully saturated rings. The summed E-state index contributed by atoms with van der Waals surface area (Å²) in [6.45, 7) is 1.98. The summed E-state index contributed by atoms with van der Waals surface area (Å²) in [5.41, 5.74) is -0.854. The monoisotopic (exact) mass is 222 g/mol. The van der Waals surface area contributed by atoms with Gasteiger partial charge in [0.2, 0.25) is 0 Å². The van der Waals surface area contributed by atoms with Crippen LogP contribution in [0.1, 0.15) is 13.3 Å². The highest BCUT2D eigenvalue weighted by Crippen LogP contribution is 2.63. The van der Waals surface area contributed by atoms with E-state index in [0.717, 1.165) is 4.90 Å². The molecular weight excluding hydrogens is 208 g/mol. The lowest BCUT2D eigenvalue weighted by molar-refractivity contribution is -0.135. The number of nitrogens with zero attached hydrogens (tertiary/aromatic N) is 2. The smallest absolute Gasteiger partial charge is 0.312 e. The molecule has 0 N–H and O–H groups in total. The molecule has 0 bridgehead atoms. The summed E-state index contributed by atoms with van der Waals surface area (Å²) in [5, 5.41) is 0. The molecule has 3 amide bonds. The molecule has 1 saturated heterocycles. The summed E-state index contributed by atoms with van der Waals surface area (Å²) in [4.78, 5) is 38.4. The van der Waals surface area contributed by atoms with Crippen LogP contribution in [-0.4, -0.2) is 47.2 Å². The van der Waals surface area contributed by atoms with Gasteiger partial charge >= 0.3 is 6.03 Å². The van der Waals surface area contributed by atoms with Crippen molar-refractivity contribution in [1.82, 2.24) is 9.80 Å². The van der Waals surface area contributed by atoms with E-state index in [2.05, 4.69) is 0 Å². The second-order valence-corrected chi connectivity index (χ2v) is 5.18. The predicted molar refractivity (Wildman–Crippen MR) is 54.4 cm³/mol. The van der Waals surface area contributed by atoms with Crippen molar-refractivity contribution in [1.29, 1.82) is 0 Å². The van der Waals surface area contributed by atoms with Crippen LogP contribution < -0.4 is 0 Å². The molecule has 3 aliphatic rings. The van der Waals surface area contributed by atoms with Gasteiger partial charge in [0.05, 0.1) is 0 Å². The largest absolute Gasteiger partial charge is 0.327 e. The van der Waals surface area contributed by atoms with Crippen molar-refractivity contribution >= 4 is 17.7 Å². The average molecular weight is 222 g/mol. The van der Waals surface area contributed by atoms with Crippen LogP contribution in [0.5, 0.6) is 0 Å². The minimum absolute atomic E-state index is 0.00528. The quantitative estimate of drug-likeness (QED) is 0.546. The Bertz CT molecular complexity index is 433. The zero-order valence-electron chi connectivity index (χ0n) is 9.56. The second kappa shape index (κ2) is 2.47. The molecule has 1 spiro atoms. The van der Waals surface area contributed by atoms with Crippen molar-refractivity contribution in [2.45, 2.75) is 18.9 Å². The highest BCUT2D eigenvalue weighted by Gasteiger charge is 2.75. The molecule has 2 saturated carbocycles. The second-order valence-electron chi connectivity index (χ2n) is 5.18. The number of rotatable bonds is 0. The molecule has 3 rings (SSSR count). The maximum Gasteiger partial charge on any atom is 0.327 e. The molecule has 0 radical (unpaired) electrons. The highest BCUT2D eigenvalue weighted by molar-refractivity contribution is 6.12. The number of likely N-dealkylation sites (N-methyl/N-ethyl adjacent to an activating group) is 2. The third kappa shape index (κ3) is 0.750. The predicted octanol–water partition coefficient (Wildman–Crippen LogP) is 0.104. The van der Waals surface area contributed by atoms with Gasteiger partial charge in [-0.05, 0) is 5.92 Å². The van der Waals surface area contributed by atoms with Crippen molar-refractivity contribution < 1.29 is 14.4 Å². The Morgan fingerprint density at radius 3 is 2.25 bits per heavy atom. The lowest BCUT2D eigenvalue weighted by Crippen LogP contribution is -2.49. The van der Waals surface area contributed by atoms with E-state index >= 15 is 0 Å². The van der Waals surface area contributed by atoms with Gasteiger partial charge in [0.1, 0.15) is 11.3 Å². The zero-order valence-corrected chi connectivity index (χ0v) is 9.56. The van der Waals surface area contributed by atoms with Gasteiger partial charge in [0.15, 0.2) is 0 Å². The lowest BCUT2D eigenvalue weighted by Gasteiger charge is -2.29. The summed E-state index contributed by atoms with van der Waals surface area (Å²) < 4.78 is 0. The van der Waals surface area contributed by atoms with E-state index in [1.54, 1.807) is 7.05 Å². The molecule has 1 heterocycles. The molecule has 5 heteroatoms. The van der Waals surface area contributed by atoms with E-state index in [-0.39, 0.29) is 41.9 Å². The summed E-state index contributed by atoms with van der Waals surface area (Å²) >= 11 is 0. The third-order valence-electron chi connectivity index (χ3n) is 4.59. The number of imide groups is 1. The molecule has 0 aromatic heterocycles. The Labute approximate surface area is 93.4 Å². The number of hydrogen-bond acceptors (Lipinski definition) is 3. The SMILES string of the molecule is C[C@H]1[C@@H]2C(=O)CC3(C(=O)N(C)C(=O)N3C)[C@H]12. The molecule has 4 atom stereocenters. The molecule has 1 aliphatic heterocycles. The summed E-state index contributed by atoms with van der Waals surface area (Å²) in [6.07, 6.45) is 0.206. The topological polar surface area (TPSA) is 57.7 Å². The zero-order chi connectivity index (χ0) is 11.8. The maximum absolute atomic E-state index is 12.2. The van der Waals surface area contributed by atoms with Crippen molar-refractivity contribution in [3.05, 3.63) is 0 Å². The fourth-order valence-electron chi connectivity index (χ4n) is 3.67. The van der Waals surface area contributed by atoms with Gasteiger partial charge in [-0.2, -0.15) is 0 Å². The normalized spacial score (nSPS) is 45.9. The molecule has 16 heavy (non-hydrogen) atoms. The first-order valence-corrected chi connectivity index (χ1v) is 5.51. The molecule has 86 valence electrons. The van der Waals surface area contributed by atoms with E-state index in [9.17, 15) is 14.4 Å². The van der Waals surface area contributed by atoms with Crippen LogP contribution in [0.3, 0.4) is 0 Å². The lowest BCUT2D eigenvalue weighted by atomic mass is 9.89. The van der Waals surface area contributed by atoms with Crippen molar-refractivity contribution in [2.75, 3.05) is 14.1 Å². The number of ketones is 1. The number of urea groups is 1. The fourth-order valence-corrected chi connectivity index (χ4v) is 3.67. The number of carbonyl (C=O) groups excluding carboxylic acids is 3. The molecular formula is C11H14N2O3. The number of Topliss-reactive ketones (excluding diaryl/α,β-unsaturated/α-hetero) is 1. The van der Waals surface area contributed by atoms with Gasteiger partial charge in [0.25, 0.3) is 5.91 Å². The Morgan fingerprint density at radius 1 is 1.25 bits per heavy atom. The Hall–Kier alpha value is -1.39. The van der Waals surface area contributed by atoms with Crippen LogP contribution in [0.4, 0.5) is 4.79 Å². The molecule has 0 aromatic rings. The van der Waals surface area contributed by atoms with E-state index in [1.807, 2.05) is 6.92 Å². The average Bonchev–Trinajstić information content (AvgIpc) is 2.77. The Kier molecular flexibility index (Phi) is 1.51. The van der Waals surface area contributed by atoms with Gasteiger partial charge < -0.3 is 4.90 Å². The van der Waals surface area contributed by atoms with E-state index in [1.165, 1.54) is 11.9 Å². The van der Waals surface area contributed by atoms with E-state index in [0.29, 0.717) is 0 Å². The van der Waals surface area contributed by atoms with Crippen molar-refractivity contribution in [3.8, 4) is 0 Å². The fraction of sp³-hybridized carbons (Fsp3) is 0.727. The first kappa shape index (κ1) is 9.81. The van der Waals surface area contributed by atoms with Gasteiger partial charge in [0, 0.05) is 32.4 Å². The van der Waals surface area contributed by atoms with Crippen LogP contribution in [0.15, 0.2) is 0 Å². The van der Waals surface area contributed by atoms with Gasteiger partial charge in [-0.3, -0.25) is 14.5 Å².